The number of rotatable bonds is 1. The first-order valence-corrected chi connectivity index (χ1v) is 8.64. The average Bonchev–Trinajstić information content (AvgIpc) is 2.48. The van der Waals surface area contributed by atoms with Crippen LogP contribution in [-0.4, -0.2) is 36.5 Å². The molecule has 2 saturated heterocycles. The molecule has 0 aromatic carbocycles. The quantitative estimate of drug-likeness (QED) is 0.800. The van der Waals surface area contributed by atoms with Crippen LogP contribution in [0.4, 0.5) is 0 Å². The first-order chi connectivity index (χ1) is 9.62. The van der Waals surface area contributed by atoms with Crippen LogP contribution in [-0.2, 0) is 4.79 Å². The lowest BCUT2D eigenvalue weighted by atomic mass is 9.71. The highest BCUT2D eigenvalue weighted by molar-refractivity contribution is 5.83. The van der Waals surface area contributed by atoms with Crippen molar-refractivity contribution in [2.45, 2.75) is 64.8 Å². The SMILES string of the molecule is CC1CCN(C(=O)C2(C)CCNCC2)C2CCCCC12. The number of piperidine rings is 2. The predicted molar refractivity (Wildman–Crippen MR) is 81.5 cm³/mol. The van der Waals surface area contributed by atoms with E-state index in [0.29, 0.717) is 11.9 Å². The topological polar surface area (TPSA) is 32.3 Å². The molecule has 0 spiro atoms. The second-order valence-corrected chi connectivity index (χ2v) is 7.59. The van der Waals surface area contributed by atoms with Gasteiger partial charge in [0.25, 0.3) is 0 Å². The molecule has 3 nitrogen and oxygen atoms in total. The molecule has 0 aromatic rings. The van der Waals surface area contributed by atoms with Gasteiger partial charge < -0.3 is 10.2 Å². The maximum atomic E-state index is 13.1. The molecule has 1 N–H and O–H groups in total. The van der Waals surface area contributed by atoms with Crippen LogP contribution in [0.15, 0.2) is 0 Å². The van der Waals surface area contributed by atoms with Gasteiger partial charge in [0.05, 0.1) is 0 Å². The molecule has 3 aliphatic rings. The van der Waals surface area contributed by atoms with Crippen molar-refractivity contribution in [2.75, 3.05) is 19.6 Å². The van der Waals surface area contributed by atoms with Gasteiger partial charge in [-0.1, -0.05) is 26.7 Å². The molecule has 0 aromatic heterocycles. The molecule has 114 valence electrons. The highest BCUT2D eigenvalue weighted by Crippen LogP contribution is 2.41. The van der Waals surface area contributed by atoms with Crippen molar-refractivity contribution in [2.24, 2.45) is 17.3 Å². The fourth-order valence-corrected chi connectivity index (χ4v) is 4.70. The summed E-state index contributed by atoms with van der Waals surface area (Å²) in [6.07, 6.45) is 8.50. The van der Waals surface area contributed by atoms with Crippen molar-refractivity contribution < 1.29 is 4.79 Å². The highest BCUT2D eigenvalue weighted by atomic mass is 16.2. The van der Waals surface area contributed by atoms with E-state index in [0.717, 1.165) is 44.3 Å². The Balaban J connectivity index is 1.76. The number of carbonyl (C=O) groups is 1. The Labute approximate surface area is 123 Å². The summed E-state index contributed by atoms with van der Waals surface area (Å²) in [6.45, 7) is 7.61. The van der Waals surface area contributed by atoms with Gasteiger partial charge in [-0.25, -0.2) is 0 Å². The molecule has 0 bridgehead atoms. The maximum Gasteiger partial charge on any atom is 0.228 e. The molecule has 2 heterocycles. The molecule has 0 radical (unpaired) electrons. The smallest absolute Gasteiger partial charge is 0.228 e. The standard InChI is InChI=1S/C17H30N2O/c1-13-7-12-19(15-6-4-3-5-14(13)15)16(20)17(2)8-10-18-11-9-17/h13-15,18H,3-12H2,1-2H3. The van der Waals surface area contributed by atoms with Gasteiger partial charge in [0, 0.05) is 18.0 Å². The van der Waals surface area contributed by atoms with E-state index in [-0.39, 0.29) is 5.41 Å². The number of likely N-dealkylation sites (tertiary alicyclic amines) is 1. The fourth-order valence-electron chi connectivity index (χ4n) is 4.70. The van der Waals surface area contributed by atoms with E-state index in [4.69, 9.17) is 0 Å². The summed E-state index contributed by atoms with van der Waals surface area (Å²) in [7, 11) is 0. The number of nitrogens with one attached hydrogen (secondary N) is 1. The Morgan fingerprint density at radius 3 is 2.60 bits per heavy atom. The molecule has 3 atom stereocenters. The summed E-state index contributed by atoms with van der Waals surface area (Å²) in [5.74, 6) is 2.04. The summed E-state index contributed by atoms with van der Waals surface area (Å²) in [5.41, 5.74) is -0.103. The molecule has 1 saturated carbocycles. The third-order valence-corrected chi connectivity index (χ3v) is 6.22. The lowest BCUT2D eigenvalue weighted by Gasteiger charge is -2.50. The largest absolute Gasteiger partial charge is 0.339 e. The first kappa shape index (κ1) is 14.4. The summed E-state index contributed by atoms with van der Waals surface area (Å²) in [6, 6.07) is 0.548. The van der Waals surface area contributed by atoms with Gasteiger partial charge >= 0.3 is 0 Å². The van der Waals surface area contributed by atoms with Crippen molar-refractivity contribution in [1.29, 1.82) is 0 Å². The van der Waals surface area contributed by atoms with Gasteiger partial charge in [-0.2, -0.15) is 0 Å². The second kappa shape index (κ2) is 5.67. The molecule has 3 heteroatoms. The molecule has 1 aliphatic carbocycles. The van der Waals surface area contributed by atoms with Crippen LogP contribution >= 0.6 is 0 Å². The Morgan fingerprint density at radius 1 is 1.15 bits per heavy atom. The number of hydrogen-bond acceptors (Lipinski definition) is 2. The zero-order chi connectivity index (χ0) is 14.2. The molecule has 3 rings (SSSR count). The number of nitrogens with zero attached hydrogens (tertiary/aromatic N) is 1. The average molecular weight is 278 g/mol. The monoisotopic (exact) mass is 278 g/mol. The lowest BCUT2D eigenvalue weighted by molar-refractivity contribution is -0.150. The summed E-state index contributed by atoms with van der Waals surface area (Å²) >= 11 is 0. The van der Waals surface area contributed by atoms with Crippen LogP contribution in [0.1, 0.15) is 58.8 Å². The number of fused-ring (bicyclic) bond motifs is 1. The van der Waals surface area contributed by atoms with Gasteiger partial charge in [-0.15, -0.1) is 0 Å². The van der Waals surface area contributed by atoms with Crippen LogP contribution in [0, 0.1) is 17.3 Å². The molecule has 2 aliphatic heterocycles. The van der Waals surface area contributed by atoms with Gasteiger partial charge in [0.15, 0.2) is 0 Å². The zero-order valence-corrected chi connectivity index (χ0v) is 13.2. The maximum absolute atomic E-state index is 13.1. The minimum absolute atomic E-state index is 0.103. The van der Waals surface area contributed by atoms with E-state index in [1.807, 2.05) is 0 Å². The lowest BCUT2D eigenvalue weighted by Crippen LogP contribution is -2.57. The van der Waals surface area contributed by atoms with E-state index >= 15 is 0 Å². The van der Waals surface area contributed by atoms with Crippen molar-refractivity contribution in [3.8, 4) is 0 Å². The third-order valence-electron chi connectivity index (χ3n) is 6.22. The molecule has 1 amide bonds. The Bertz CT molecular complexity index is 362. The number of hydrogen-bond donors (Lipinski definition) is 1. The van der Waals surface area contributed by atoms with Gasteiger partial charge in [0.2, 0.25) is 5.91 Å². The molecular weight excluding hydrogens is 248 g/mol. The van der Waals surface area contributed by atoms with Crippen LogP contribution in [0.5, 0.6) is 0 Å². The van der Waals surface area contributed by atoms with Crippen LogP contribution < -0.4 is 5.32 Å². The molecule has 3 fully saturated rings. The minimum Gasteiger partial charge on any atom is -0.339 e. The van der Waals surface area contributed by atoms with E-state index in [2.05, 4.69) is 24.1 Å². The van der Waals surface area contributed by atoms with Crippen molar-refractivity contribution in [1.82, 2.24) is 10.2 Å². The predicted octanol–water partition coefficient (Wildman–Crippen LogP) is 2.80. The molecule has 3 unspecified atom stereocenters. The summed E-state index contributed by atoms with van der Waals surface area (Å²) < 4.78 is 0. The van der Waals surface area contributed by atoms with Gasteiger partial charge in [0.1, 0.15) is 0 Å². The van der Waals surface area contributed by atoms with Gasteiger partial charge in [-0.3, -0.25) is 4.79 Å². The minimum atomic E-state index is -0.103. The highest BCUT2D eigenvalue weighted by Gasteiger charge is 2.45. The Kier molecular flexibility index (Phi) is 4.07. The number of amides is 1. The zero-order valence-electron chi connectivity index (χ0n) is 13.2. The van der Waals surface area contributed by atoms with Crippen LogP contribution in [0.2, 0.25) is 0 Å². The third kappa shape index (κ3) is 2.49. The Morgan fingerprint density at radius 2 is 1.85 bits per heavy atom. The Hall–Kier alpha value is -0.570. The van der Waals surface area contributed by atoms with E-state index in [1.165, 1.54) is 32.1 Å². The van der Waals surface area contributed by atoms with E-state index in [1.54, 1.807) is 0 Å². The van der Waals surface area contributed by atoms with Crippen LogP contribution in [0.25, 0.3) is 0 Å². The summed E-state index contributed by atoms with van der Waals surface area (Å²) in [4.78, 5) is 15.4. The van der Waals surface area contributed by atoms with Crippen molar-refractivity contribution in [3.05, 3.63) is 0 Å². The van der Waals surface area contributed by atoms with Gasteiger partial charge in [-0.05, 0) is 57.0 Å². The van der Waals surface area contributed by atoms with E-state index < -0.39 is 0 Å². The number of carbonyl (C=O) groups excluding carboxylic acids is 1. The van der Waals surface area contributed by atoms with E-state index in [9.17, 15) is 4.79 Å². The normalized spacial score (nSPS) is 37.3. The molecule has 20 heavy (non-hydrogen) atoms. The van der Waals surface area contributed by atoms with Crippen molar-refractivity contribution >= 4 is 5.91 Å². The summed E-state index contributed by atoms with van der Waals surface area (Å²) in [5, 5.41) is 3.39. The van der Waals surface area contributed by atoms with Crippen LogP contribution in [0.3, 0.4) is 0 Å². The van der Waals surface area contributed by atoms with Crippen molar-refractivity contribution in [3.63, 3.8) is 0 Å². The first-order valence-electron chi connectivity index (χ1n) is 8.64. The molecular formula is C17H30N2O. The second-order valence-electron chi connectivity index (χ2n) is 7.59. The fraction of sp³-hybridized carbons (Fsp3) is 0.941.